The summed E-state index contributed by atoms with van der Waals surface area (Å²) < 4.78 is 11.8. The van der Waals surface area contributed by atoms with Crippen LogP contribution in [0.3, 0.4) is 0 Å². The van der Waals surface area contributed by atoms with Crippen LogP contribution in [0, 0.1) is 0 Å². The molecule has 1 amide bonds. The van der Waals surface area contributed by atoms with Gasteiger partial charge in [0.2, 0.25) is 11.1 Å². The van der Waals surface area contributed by atoms with Gasteiger partial charge in [0.05, 0.1) is 30.7 Å². The maximum Gasteiger partial charge on any atom is 0.311 e. The van der Waals surface area contributed by atoms with E-state index in [9.17, 15) is 9.59 Å². The number of carbonyl (C=O) groups is 2. The molecule has 0 aliphatic rings. The highest BCUT2D eigenvalue weighted by molar-refractivity contribution is 7.99. The number of nitrogens with zero attached hydrogens (tertiary/aromatic N) is 5. The predicted octanol–water partition coefficient (Wildman–Crippen LogP) is 2.68. The number of hydrogen-bond donors (Lipinski definition) is 1. The van der Waals surface area contributed by atoms with Gasteiger partial charge >= 0.3 is 5.97 Å². The number of furan rings is 1. The van der Waals surface area contributed by atoms with Crippen molar-refractivity contribution in [3.05, 3.63) is 41.6 Å². The van der Waals surface area contributed by atoms with Crippen molar-refractivity contribution in [2.45, 2.75) is 18.5 Å². The second-order valence-electron chi connectivity index (χ2n) is 5.91. The van der Waals surface area contributed by atoms with Crippen molar-refractivity contribution in [3.63, 3.8) is 0 Å². The first-order valence-corrected chi connectivity index (χ1v) is 10.8. The topological polar surface area (TPSA) is 125 Å². The Hall–Kier alpha value is -3.25. The van der Waals surface area contributed by atoms with Crippen molar-refractivity contribution in [1.82, 2.24) is 24.8 Å². The maximum atomic E-state index is 12.3. The van der Waals surface area contributed by atoms with Gasteiger partial charge in [-0.1, -0.05) is 11.8 Å². The molecule has 1 N–H and O–H groups in total. The lowest BCUT2D eigenvalue weighted by molar-refractivity contribution is -0.142. The smallest absolute Gasteiger partial charge is 0.311 e. The van der Waals surface area contributed by atoms with E-state index in [4.69, 9.17) is 9.15 Å². The lowest BCUT2D eigenvalue weighted by atomic mass is 10.3. The van der Waals surface area contributed by atoms with Gasteiger partial charge in [-0.15, -0.1) is 21.5 Å². The van der Waals surface area contributed by atoms with E-state index >= 15 is 0 Å². The van der Waals surface area contributed by atoms with E-state index in [-0.39, 0.29) is 24.1 Å². The van der Waals surface area contributed by atoms with Crippen LogP contribution in [0.15, 0.2) is 45.5 Å². The highest BCUT2D eigenvalue weighted by atomic mass is 32.2. The van der Waals surface area contributed by atoms with Gasteiger partial charge in [0.1, 0.15) is 5.69 Å². The van der Waals surface area contributed by atoms with Crippen LogP contribution in [0.25, 0.3) is 17.1 Å². The fourth-order valence-electron chi connectivity index (χ4n) is 2.51. The summed E-state index contributed by atoms with van der Waals surface area (Å²) in [5.41, 5.74) is 1.76. The van der Waals surface area contributed by atoms with Crippen molar-refractivity contribution in [1.29, 1.82) is 0 Å². The SMILES string of the molecule is CCOC(=O)Cc1csc(NC(=O)CSc2nnc3ccc(-c4ccco4)nn23)n1. The Kier molecular flexibility index (Phi) is 6.05. The molecule has 10 nitrogen and oxygen atoms in total. The second kappa shape index (κ2) is 9.05. The number of aromatic nitrogens is 5. The molecule has 0 fully saturated rings. The van der Waals surface area contributed by atoms with Crippen molar-refractivity contribution >= 4 is 45.8 Å². The zero-order valence-corrected chi connectivity index (χ0v) is 17.4. The van der Waals surface area contributed by atoms with E-state index in [1.54, 1.807) is 41.3 Å². The molecule has 4 aromatic heterocycles. The van der Waals surface area contributed by atoms with Gasteiger partial charge < -0.3 is 14.5 Å². The van der Waals surface area contributed by atoms with Gasteiger partial charge in [0.25, 0.3) is 0 Å². The number of hydrogen-bond acceptors (Lipinski definition) is 10. The van der Waals surface area contributed by atoms with Crippen LogP contribution in [0.1, 0.15) is 12.6 Å². The number of ether oxygens (including phenoxy) is 1. The lowest BCUT2D eigenvalue weighted by Crippen LogP contribution is -2.14. The van der Waals surface area contributed by atoms with Crippen LogP contribution >= 0.6 is 23.1 Å². The third-order valence-corrected chi connectivity index (χ3v) is 5.49. The maximum absolute atomic E-state index is 12.3. The molecule has 4 aromatic rings. The van der Waals surface area contributed by atoms with E-state index in [1.165, 1.54) is 23.1 Å². The Morgan fingerprint density at radius 2 is 2.20 bits per heavy atom. The molecule has 0 spiro atoms. The van der Waals surface area contributed by atoms with E-state index in [0.29, 0.717) is 39.7 Å². The molecule has 0 aromatic carbocycles. The molecule has 0 bridgehead atoms. The number of anilines is 1. The molecule has 12 heteroatoms. The van der Waals surface area contributed by atoms with Gasteiger partial charge in [0, 0.05) is 5.38 Å². The number of fused-ring (bicyclic) bond motifs is 1. The first kappa shape index (κ1) is 20.0. The number of rotatable bonds is 8. The molecule has 4 heterocycles. The number of nitrogens with one attached hydrogen (secondary N) is 1. The van der Waals surface area contributed by atoms with Crippen molar-refractivity contribution in [3.8, 4) is 11.5 Å². The zero-order valence-electron chi connectivity index (χ0n) is 15.8. The molecule has 0 aliphatic heterocycles. The summed E-state index contributed by atoms with van der Waals surface area (Å²) in [7, 11) is 0. The van der Waals surface area contributed by atoms with Crippen LogP contribution in [0.5, 0.6) is 0 Å². The third-order valence-electron chi connectivity index (χ3n) is 3.77. The van der Waals surface area contributed by atoms with Crippen molar-refractivity contribution < 1.29 is 18.7 Å². The zero-order chi connectivity index (χ0) is 20.9. The fraction of sp³-hybridized carbons (Fsp3) is 0.222. The fourth-order valence-corrected chi connectivity index (χ4v) is 3.92. The van der Waals surface area contributed by atoms with E-state index < -0.39 is 0 Å². The van der Waals surface area contributed by atoms with E-state index in [0.717, 1.165) is 0 Å². The molecule has 4 rings (SSSR count). The normalized spacial score (nSPS) is 11.0. The number of esters is 1. The second-order valence-corrected chi connectivity index (χ2v) is 7.71. The average Bonchev–Trinajstić information content (AvgIpc) is 3.47. The summed E-state index contributed by atoms with van der Waals surface area (Å²) in [5.74, 6) is 0.120. The molecule has 0 unspecified atom stereocenters. The minimum absolute atomic E-state index is 0.0738. The van der Waals surface area contributed by atoms with E-state index in [2.05, 4.69) is 25.6 Å². The Morgan fingerprint density at radius 3 is 3.00 bits per heavy atom. The first-order valence-electron chi connectivity index (χ1n) is 8.91. The molecular formula is C18H16N6O4S2. The van der Waals surface area contributed by atoms with Gasteiger partial charge in [-0.25, -0.2) is 4.98 Å². The van der Waals surface area contributed by atoms with Crippen LogP contribution in [-0.4, -0.2) is 49.0 Å². The van der Waals surface area contributed by atoms with Crippen LogP contribution in [0.2, 0.25) is 0 Å². The average molecular weight is 444 g/mol. The number of thioether (sulfide) groups is 1. The van der Waals surface area contributed by atoms with Crippen molar-refractivity contribution in [2.24, 2.45) is 0 Å². The standard InChI is InChI=1S/C18H16N6O4S2/c1-2-27-16(26)8-11-9-29-17(19-11)20-15(25)10-30-18-22-21-14-6-5-12(23-24(14)18)13-4-3-7-28-13/h3-7,9H,2,8,10H2,1H3,(H,19,20,25). The quantitative estimate of drug-likeness (QED) is 0.322. The predicted molar refractivity (Wildman–Crippen MR) is 110 cm³/mol. The third kappa shape index (κ3) is 4.66. The molecule has 0 saturated carbocycles. The van der Waals surface area contributed by atoms with Crippen LogP contribution in [-0.2, 0) is 20.7 Å². The van der Waals surface area contributed by atoms with Crippen molar-refractivity contribution in [2.75, 3.05) is 17.7 Å². The summed E-state index contributed by atoms with van der Waals surface area (Å²) in [4.78, 5) is 28.0. The number of thiazole rings is 1. The van der Waals surface area contributed by atoms with E-state index in [1.807, 2.05) is 6.07 Å². The van der Waals surface area contributed by atoms with Gasteiger partial charge in [0.15, 0.2) is 16.5 Å². The molecule has 0 aliphatic carbocycles. The highest BCUT2D eigenvalue weighted by Gasteiger charge is 2.14. The molecule has 0 saturated heterocycles. The Bertz CT molecular complexity index is 1170. The van der Waals surface area contributed by atoms with Gasteiger partial charge in [-0.05, 0) is 31.2 Å². The number of amides is 1. The van der Waals surface area contributed by atoms with Gasteiger partial charge in [-0.3, -0.25) is 9.59 Å². The summed E-state index contributed by atoms with van der Waals surface area (Å²) in [6.07, 6.45) is 1.65. The molecule has 154 valence electrons. The molecular weight excluding hydrogens is 428 g/mol. The first-order chi connectivity index (χ1) is 14.6. The van der Waals surface area contributed by atoms with Gasteiger partial charge in [-0.2, -0.15) is 9.61 Å². The Labute approximate surface area is 178 Å². The molecule has 0 atom stereocenters. The summed E-state index contributed by atoms with van der Waals surface area (Å²) in [6.45, 7) is 2.06. The molecule has 30 heavy (non-hydrogen) atoms. The Morgan fingerprint density at radius 1 is 1.30 bits per heavy atom. The summed E-state index contributed by atoms with van der Waals surface area (Å²) in [5, 5.41) is 18.0. The highest BCUT2D eigenvalue weighted by Crippen LogP contribution is 2.22. The summed E-state index contributed by atoms with van der Waals surface area (Å²) >= 11 is 2.45. The molecule has 0 radical (unpaired) electrons. The lowest BCUT2D eigenvalue weighted by Gasteiger charge is -2.02. The summed E-state index contributed by atoms with van der Waals surface area (Å²) in [6, 6.07) is 7.16. The minimum Gasteiger partial charge on any atom is -0.466 e. The monoisotopic (exact) mass is 444 g/mol. The number of carbonyl (C=O) groups excluding carboxylic acids is 2. The minimum atomic E-state index is -0.351. The Balaban J connectivity index is 1.37. The van der Waals surface area contributed by atoms with Crippen LogP contribution in [0.4, 0.5) is 5.13 Å². The van der Waals surface area contributed by atoms with Crippen LogP contribution < -0.4 is 5.32 Å². The largest absolute Gasteiger partial charge is 0.466 e.